The third-order valence-electron chi connectivity index (χ3n) is 7.31. The molecule has 35 heavy (non-hydrogen) atoms. The van der Waals surface area contributed by atoms with Crippen LogP contribution in [-0.2, 0) is 9.84 Å². The second kappa shape index (κ2) is 9.40. The van der Waals surface area contributed by atoms with Gasteiger partial charge in [-0.2, -0.15) is 0 Å². The predicted octanol–water partition coefficient (Wildman–Crippen LogP) is 3.31. The normalized spacial score (nSPS) is 27.9. The quantitative estimate of drug-likeness (QED) is 0.455. The number of aliphatic hydroxyl groups is 3. The minimum absolute atomic E-state index is 0.00642. The highest BCUT2D eigenvalue weighted by atomic mass is 35.5. The molecule has 0 aromatic heterocycles. The number of carbonyl (C=O) groups is 1. The topological polar surface area (TPSA) is 124 Å². The summed E-state index contributed by atoms with van der Waals surface area (Å²) in [4.78, 5) is 12.4. The molecule has 3 unspecified atom stereocenters. The van der Waals surface area contributed by atoms with Crippen LogP contribution in [0.4, 0.5) is 14.5 Å². The van der Waals surface area contributed by atoms with E-state index in [1.165, 1.54) is 25.1 Å². The molecule has 2 fully saturated rings. The number of nitrogens with one attached hydrogen (secondary N) is 1. The Labute approximate surface area is 206 Å². The first-order valence-electron chi connectivity index (χ1n) is 11.2. The number of rotatable bonds is 6. The van der Waals surface area contributed by atoms with E-state index in [1.807, 2.05) is 0 Å². The number of anilines is 1. The van der Waals surface area contributed by atoms with Crippen LogP contribution >= 0.6 is 11.6 Å². The van der Waals surface area contributed by atoms with Gasteiger partial charge in [-0.3, -0.25) is 4.79 Å². The van der Waals surface area contributed by atoms with Crippen LogP contribution in [0.2, 0.25) is 5.02 Å². The Bertz CT molecular complexity index is 1240. The number of amides is 1. The molecule has 0 heterocycles. The number of hydrogen-bond donors (Lipinski definition) is 4. The van der Waals surface area contributed by atoms with Crippen molar-refractivity contribution >= 4 is 33.0 Å². The maximum absolute atomic E-state index is 13.6. The van der Waals surface area contributed by atoms with Gasteiger partial charge in [0.25, 0.3) is 5.91 Å². The van der Waals surface area contributed by atoms with Crippen molar-refractivity contribution in [3.8, 4) is 0 Å². The number of sulfone groups is 1. The maximum Gasteiger partial charge on any atom is 0.255 e. The van der Waals surface area contributed by atoms with Crippen LogP contribution < -0.4 is 5.32 Å². The summed E-state index contributed by atoms with van der Waals surface area (Å²) in [6, 6.07) is 6.57. The van der Waals surface area contributed by atoms with Crippen molar-refractivity contribution in [2.24, 2.45) is 11.8 Å². The Hall–Kier alpha value is -2.11. The number of halogens is 3. The molecule has 2 aromatic carbocycles. The van der Waals surface area contributed by atoms with E-state index in [-0.39, 0.29) is 34.0 Å². The first-order chi connectivity index (χ1) is 16.4. The van der Waals surface area contributed by atoms with Crippen molar-refractivity contribution in [3.05, 3.63) is 58.6 Å². The van der Waals surface area contributed by atoms with Crippen LogP contribution in [0.15, 0.2) is 41.3 Å². The molecule has 0 spiro atoms. The van der Waals surface area contributed by atoms with Crippen LogP contribution in [0.5, 0.6) is 0 Å². The third kappa shape index (κ3) is 4.58. The Morgan fingerprint density at radius 2 is 1.71 bits per heavy atom. The van der Waals surface area contributed by atoms with E-state index in [9.17, 15) is 37.3 Å². The zero-order valence-electron chi connectivity index (χ0n) is 18.8. The zero-order chi connectivity index (χ0) is 25.7. The average molecular weight is 530 g/mol. The SMILES string of the molecule is C[C@@H](O)[C@@H](O)C1(O)C2CC[C@H]1CC(S(=O)(=O)c1cc(C(=O)Nc3ccc(F)c(F)c3)ccc1Cl)C2. The molecule has 2 aromatic rings. The first kappa shape index (κ1) is 26.0. The lowest BCUT2D eigenvalue weighted by atomic mass is 9.70. The summed E-state index contributed by atoms with van der Waals surface area (Å²) in [5.74, 6) is -4.00. The molecule has 2 saturated carbocycles. The summed E-state index contributed by atoms with van der Waals surface area (Å²) in [5.41, 5.74) is -1.62. The van der Waals surface area contributed by atoms with E-state index in [2.05, 4.69) is 5.32 Å². The highest BCUT2D eigenvalue weighted by Crippen LogP contribution is 2.54. The largest absolute Gasteiger partial charge is 0.391 e. The van der Waals surface area contributed by atoms with Crippen LogP contribution in [0.1, 0.15) is 43.0 Å². The molecule has 2 bridgehead atoms. The van der Waals surface area contributed by atoms with Gasteiger partial charge < -0.3 is 20.6 Å². The lowest BCUT2D eigenvalue weighted by Crippen LogP contribution is -2.58. The summed E-state index contributed by atoms with van der Waals surface area (Å²) in [5, 5.41) is 32.9. The van der Waals surface area contributed by atoms with Gasteiger partial charge in [-0.05, 0) is 74.8 Å². The second-order valence-corrected chi connectivity index (χ2v) is 12.0. The summed E-state index contributed by atoms with van der Waals surface area (Å²) in [6.45, 7) is 1.38. The number of hydrogen-bond acceptors (Lipinski definition) is 6. The Morgan fingerprint density at radius 1 is 1.09 bits per heavy atom. The molecule has 1 amide bonds. The van der Waals surface area contributed by atoms with Crippen molar-refractivity contribution in [2.45, 2.75) is 60.6 Å². The average Bonchev–Trinajstić information content (AvgIpc) is 2.97. The first-order valence-corrected chi connectivity index (χ1v) is 13.2. The number of carbonyl (C=O) groups excluding carboxylic acids is 1. The van der Waals surface area contributed by atoms with E-state index in [0.29, 0.717) is 12.8 Å². The van der Waals surface area contributed by atoms with Gasteiger partial charge in [-0.15, -0.1) is 0 Å². The van der Waals surface area contributed by atoms with Crippen molar-refractivity contribution in [3.63, 3.8) is 0 Å². The van der Waals surface area contributed by atoms with Crippen molar-refractivity contribution in [1.82, 2.24) is 0 Å². The smallest absolute Gasteiger partial charge is 0.255 e. The van der Waals surface area contributed by atoms with Crippen molar-refractivity contribution in [1.29, 1.82) is 0 Å². The standard InChI is InChI=1S/C24H26ClF2NO6S/c1-12(29)22(30)24(32)14-3-4-15(24)10-17(9-14)35(33,34)21-8-13(2-6-18(21)25)23(31)28-16-5-7-19(26)20(27)11-16/h2,5-8,11-12,14-15,17,22,29-30,32H,3-4,9-10H2,1H3,(H,28,31)/t12-,14+,15?,17?,22-,24?/m1/s1. The molecular weight excluding hydrogens is 504 g/mol. The van der Waals surface area contributed by atoms with Gasteiger partial charge in [-0.1, -0.05) is 11.6 Å². The molecular formula is C24H26ClF2NO6S. The van der Waals surface area contributed by atoms with Crippen molar-refractivity contribution in [2.75, 3.05) is 5.32 Å². The van der Waals surface area contributed by atoms with E-state index in [4.69, 9.17) is 11.6 Å². The molecule has 4 N–H and O–H groups in total. The molecule has 190 valence electrons. The fourth-order valence-corrected chi connectivity index (χ4v) is 7.89. The number of fused-ring (bicyclic) bond motifs is 2. The molecule has 2 aliphatic rings. The third-order valence-corrected chi connectivity index (χ3v) is 9.97. The van der Waals surface area contributed by atoms with Gasteiger partial charge in [0.1, 0.15) is 6.10 Å². The van der Waals surface area contributed by atoms with Gasteiger partial charge >= 0.3 is 0 Å². The predicted molar refractivity (Wildman–Crippen MR) is 125 cm³/mol. The van der Waals surface area contributed by atoms with E-state index < -0.39 is 62.3 Å². The van der Waals surface area contributed by atoms with E-state index in [1.54, 1.807) is 0 Å². The monoisotopic (exact) mass is 529 g/mol. The van der Waals surface area contributed by atoms with Crippen LogP contribution in [0.3, 0.4) is 0 Å². The van der Waals surface area contributed by atoms with Gasteiger partial charge in [-0.25, -0.2) is 17.2 Å². The van der Waals surface area contributed by atoms with Crippen LogP contribution in [-0.4, -0.2) is 52.7 Å². The molecule has 0 saturated heterocycles. The van der Waals surface area contributed by atoms with Gasteiger partial charge in [0, 0.05) is 17.3 Å². The Kier molecular flexibility index (Phi) is 6.98. The minimum Gasteiger partial charge on any atom is -0.391 e. The Morgan fingerprint density at radius 3 is 2.29 bits per heavy atom. The molecule has 6 atom stereocenters. The lowest BCUT2D eigenvalue weighted by molar-refractivity contribution is -0.172. The fourth-order valence-electron chi connectivity index (χ4n) is 5.48. The van der Waals surface area contributed by atoms with Gasteiger partial charge in [0.2, 0.25) is 0 Å². The molecule has 7 nitrogen and oxygen atoms in total. The van der Waals surface area contributed by atoms with Crippen LogP contribution in [0, 0.1) is 23.5 Å². The highest BCUT2D eigenvalue weighted by Gasteiger charge is 2.59. The van der Waals surface area contributed by atoms with E-state index in [0.717, 1.165) is 18.2 Å². The van der Waals surface area contributed by atoms with Crippen LogP contribution in [0.25, 0.3) is 0 Å². The second-order valence-electron chi connectivity index (χ2n) is 9.41. The molecule has 0 radical (unpaired) electrons. The summed E-state index contributed by atoms with van der Waals surface area (Å²) < 4.78 is 53.7. The molecule has 2 aliphatic carbocycles. The summed E-state index contributed by atoms with van der Waals surface area (Å²) >= 11 is 6.21. The molecule has 0 aliphatic heterocycles. The highest BCUT2D eigenvalue weighted by molar-refractivity contribution is 7.92. The minimum atomic E-state index is -4.03. The van der Waals surface area contributed by atoms with Gasteiger partial charge in [0.15, 0.2) is 21.5 Å². The van der Waals surface area contributed by atoms with E-state index >= 15 is 0 Å². The summed E-state index contributed by atoms with van der Waals surface area (Å²) in [7, 11) is -4.03. The number of aliphatic hydroxyl groups excluding tert-OH is 2. The maximum atomic E-state index is 13.6. The number of benzene rings is 2. The Balaban J connectivity index is 1.59. The fraction of sp³-hybridized carbons (Fsp3) is 0.458. The molecule has 4 rings (SSSR count). The molecule has 11 heteroatoms. The summed E-state index contributed by atoms with van der Waals surface area (Å²) in [6.07, 6.45) is -1.39. The van der Waals surface area contributed by atoms with Gasteiger partial charge in [0.05, 0.1) is 26.9 Å². The zero-order valence-corrected chi connectivity index (χ0v) is 20.4. The van der Waals surface area contributed by atoms with Crippen molar-refractivity contribution < 1.29 is 37.3 Å². The lowest BCUT2D eigenvalue weighted by Gasteiger charge is -2.46.